The van der Waals surface area contributed by atoms with E-state index in [9.17, 15) is 0 Å². The molecule has 0 aromatic carbocycles. The third kappa shape index (κ3) is 5.47. The van der Waals surface area contributed by atoms with Gasteiger partial charge < -0.3 is 0 Å². The average Bonchev–Trinajstić information content (AvgIpc) is 1.44. The highest BCUT2D eigenvalue weighted by molar-refractivity contribution is 6.76. The summed E-state index contributed by atoms with van der Waals surface area (Å²) in [6.45, 7) is 0. The van der Waals surface area contributed by atoms with Crippen LogP contribution in [0.5, 0.6) is 0 Å². The second-order valence-corrected chi connectivity index (χ2v) is 9.16. The van der Waals surface area contributed by atoms with Gasteiger partial charge in [0.25, 0.3) is 0 Å². The predicted molar refractivity (Wildman–Crippen MR) is 64.4 cm³/mol. The topological polar surface area (TPSA) is 0 Å². The summed E-state index contributed by atoms with van der Waals surface area (Å²) in [6.07, 6.45) is 0. The molecule has 0 atom stereocenters. The standard InChI is InChI=1S/C4HCl9/c5-2(6,7)1(3(8,9)10)4(11,12)13/h1H. The van der Waals surface area contributed by atoms with Crippen LogP contribution in [0.2, 0.25) is 0 Å². The monoisotopic (exact) mass is 364 g/mol. The summed E-state index contributed by atoms with van der Waals surface area (Å²) >= 11 is 49.4. The largest absolute Gasteiger partial charge is 0.201 e. The summed E-state index contributed by atoms with van der Waals surface area (Å²) in [4.78, 5) is 0. The molecule has 0 aliphatic carbocycles. The van der Waals surface area contributed by atoms with Crippen molar-refractivity contribution in [1.29, 1.82) is 0 Å². The van der Waals surface area contributed by atoms with Crippen molar-refractivity contribution < 1.29 is 0 Å². The summed E-state index contributed by atoms with van der Waals surface area (Å²) < 4.78 is -5.97. The molecule has 0 aliphatic heterocycles. The molecule has 0 aromatic rings. The van der Waals surface area contributed by atoms with Gasteiger partial charge in [0, 0.05) is 0 Å². The molecule has 0 fully saturated rings. The van der Waals surface area contributed by atoms with Gasteiger partial charge in [0.05, 0.1) is 0 Å². The molecule has 9 heteroatoms. The van der Waals surface area contributed by atoms with Crippen LogP contribution in [0.4, 0.5) is 0 Å². The van der Waals surface area contributed by atoms with E-state index >= 15 is 0 Å². The summed E-state index contributed by atoms with van der Waals surface area (Å²) in [5.74, 6) is -1.38. The van der Waals surface area contributed by atoms with Crippen LogP contribution in [-0.2, 0) is 0 Å². The van der Waals surface area contributed by atoms with Gasteiger partial charge in [-0.2, -0.15) is 0 Å². The van der Waals surface area contributed by atoms with Gasteiger partial charge in [-0.1, -0.05) is 104 Å². The number of halogens is 9. The van der Waals surface area contributed by atoms with Crippen LogP contribution < -0.4 is 0 Å². The van der Waals surface area contributed by atoms with E-state index in [0.717, 1.165) is 0 Å². The Kier molecular flexibility index (Phi) is 5.83. The first-order valence-electron chi connectivity index (χ1n) is 2.57. The number of alkyl halides is 9. The van der Waals surface area contributed by atoms with Crippen LogP contribution in [0.25, 0.3) is 0 Å². The van der Waals surface area contributed by atoms with Crippen molar-refractivity contribution in [2.75, 3.05) is 0 Å². The van der Waals surface area contributed by atoms with E-state index in [1.54, 1.807) is 0 Å². The molecule has 13 heavy (non-hydrogen) atoms. The van der Waals surface area contributed by atoms with Gasteiger partial charge in [-0.3, -0.25) is 0 Å². The maximum absolute atomic E-state index is 5.49. The molecule has 0 aliphatic rings. The number of hydrogen-bond donors (Lipinski definition) is 0. The Morgan fingerprint density at radius 3 is 0.615 bits per heavy atom. The molecule has 0 saturated carbocycles. The predicted octanol–water partition coefficient (Wildman–Crippen LogP) is 5.71. The van der Waals surface area contributed by atoms with E-state index in [0.29, 0.717) is 0 Å². The van der Waals surface area contributed by atoms with Gasteiger partial charge in [0.2, 0.25) is 11.4 Å². The maximum Gasteiger partial charge on any atom is 0.201 e. The zero-order valence-corrected chi connectivity index (χ0v) is 12.3. The first kappa shape index (κ1) is 15.6. The van der Waals surface area contributed by atoms with Crippen LogP contribution >= 0.6 is 104 Å². The zero-order chi connectivity index (χ0) is 11.1. The normalized spacial score (nSPS) is 15.2. The van der Waals surface area contributed by atoms with Gasteiger partial charge >= 0.3 is 0 Å². The summed E-state index contributed by atoms with van der Waals surface area (Å²) in [5.41, 5.74) is 0. The van der Waals surface area contributed by atoms with Gasteiger partial charge in [-0.15, -0.1) is 0 Å². The quantitative estimate of drug-likeness (QED) is 0.481. The molecule has 0 aromatic heterocycles. The van der Waals surface area contributed by atoms with Crippen molar-refractivity contribution in [3.8, 4) is 0 Å². The Balaban J connectivity index is 5.02. The highest BCUT2D eigenvalue weighted by Gasteiger charge is 2.56. The summed E-state index contributed by atoms with van der Waals surface area (Å²) in [7, 11) is 0. The van der Waals surface area contributed by atoms with Crippen molar-refractivity contribution in [1.82, 2.24) is 0 Å². The molecule has 0 bridgehead atoms. The van der Waals surface area contributed by atoms with E-state index in [2.05, 4.69) is 0 Å². The first-order valence-corrected chi connectivity index (χ1v) is 5.97. The van der Waals surface area contributed by atoms with Gasteiger partial charge in [0.15, 0.2) is 0 Å². The van der Waals surface area contributed by atoms with Crippen LogP contribution in [0.1, 0.15) is 0 Å². The molecule has 0 heterocycles. The smallest absolute Gasteiger partial charge is 0.0830 e. The van der Waals surface area contributed by atoms with Crippen LogP contribution in [0.3, 0.4) is 0 Å². The molecule has 80 valence electrons. The lowest BCUT2D eigenvalue weighted by Gasteiger charge is -2.35. The number of rotatable bonds is 0. The summed E-state index contributed by atoms with van der Waals surface area (Å²) in [5, 5.41) is 0. The Morgan fingerprint density at radius 2 is 0.615 bits per heavy atom. The second kappa shape index (κ2) is 4.85. The lowest BCUT2D eigenvalue weighted by Crippen LogP contribution is -2.41. The van der Waals surface area contributed by atoms with Gasteiger partial charge in [0.1, 0.15) is 5.92 Å². The number of hydrogen-bond acceptors (Lipinski definition) is 0. The molecule has 0 saturated heterocycles. The van der Waals surface area contributed by atoms with Crippen LogP contribution in [-0.4, -0.2) is 11.4 Å². The van der Waals surface area contributed by atoms with E-state index in [4.69, 9.17) is 104 Å². The fourth-order valence-electron chi connectivity index (χ4n) is 0.557. The maximum atomic E-state index is 5.49. The highest BCUT2D eigenvalue weighted by atomic mass is 35.6. The minimum absolute atomic E-state index is 1.38. The molecule has 0 spiro atoms. The van der Waals surface area contributed by atoms with E-state index < -0.39 is 17.3 Å². The van der Waals surface area contributed by atoms with Crippen LogP contribution in [0, 0.1) is 5.92 Å². The van der Waals surface area contributed by atoms with Crippen molar-refractivity contribution in [3.63, 3.8) is 0 Å². The Bertz CT molecular complexity index is 134. The minimum Gasteiger partial charge on any atom is -0.0830 e. The third-order valence-corrected chi connectivity index (χ3v) is 2.95. The SMILES string of the molecule is ClC(Cl)(Cl)C(C(Cl)(Cl)Cl)C(Cl)(Cl)Cl. The minimum atomic E-state index is -1.99. The molecule has 0 radical (unpaired) electrons. The summed E-state index contributed by atoms with van der Waals surface area (Å²) in [6, 6.07) is 0. The van der Waals surface area contributed by atoms with E-state index in [1.165, 1.54) is 0 Å². The average molecular weight is 368 g/mol. The second-order valence-electron chi connectivity index (χ2n) is 2.06. The molecular formula is C4HCl9. The van der Waals surface area contributed by atoms with Crippen LogP contribution in [0.15, 0.2) is 0 Å². The Morgan fingerprint density at radius 1 is 0.462 bits per heavy atom. The Labute approximate surface area is 121 Å². The third-order valence-electron chi connectivity index (χ3n) is 0.982. The lowest BCUT2D eigenvalue weighted by atomic mass is 10.2. The molecular weight excluding hydrogens is 367 g/mol. The van der Waals surface area contributed by atoms with Gasteiger partial charge in [-0.05, 0) is 0 Å². The Hall–Kier alpha value is 2.61. The molecule has 0 amide bonds. The van der Waals surface area contributed by atoms with Gasteiger partial charge in [-0.25, -0.2) is 0 Å². The zero-order valence-electron chi connectivity index (χ0n) is 5.48. The molecule has 0 unspecified atom stereocenters. The fraction of sp³-hybridized carbons (Fsp3) is 1.00. The first-order chi connectivity index (χ1) is 5.37. The molecule has 0 N–H and O–H groups in total. The van der Waals surface area contributed by atoms with Crippen molar-refractivity contribution in [3.05, 3.63) is 0 Å². The van der Waals surface area contributed by atoms with E-state index in [-0.39, 0.29) is 0 Å². The van der Waals surface area contributed by atoms with Crippen molar-refractivity contribution >= 4 is 104 Å². The van der Waals surface area contributed by atoms with Crippen molar-refractivity contribution in [2.45, 2.75) is 11.4 Å². The molecule has 0 nitrogen and oxygen atoms in total. The van der Waals surface area contributed by atoms with Crippen molar-refractivity contribution in [2.24, 2.45) is 5.92 Å². The molecule has 0 rings (SSSR count). The highest BCUT2D eigenvalue weighted by Crippen LogP contribution is 2.57. The van der Waals surface area contributed by atoms with E-state index in [1.807, 2.05) is 0 Å². The fourth-order valence-corrected chi connectivity index (χ4v) is 5.01. The lowest BCUT2D eigenvalue weighted by molar-refractivity contribution is 0.563.